The van der Waals surface area contributed by atoms with Crippen LogP contribution in [-0.2, 0) is 9.59 Å². The van der Waals surface area contributed by atoms with Crippen molar-refractivity contribution in [2.75, 3.05) is 52.4 Å². The number of amides is 2. The van der Waals surface area contributed by atoms with Crippen LogP contribution < -0.4 is 0 Å². The molecule has 6 heteroatoms. The maximum Gasteiger partial charge on any atom is 0.240 e. The molecule has 0 aliphatic carbocycles. The summed E-state index contributed by atoms with van der Waals surface area (Å²) in [5, 5.41) is 0. The molecule has 4 bridgehead atoms. The van der Waals surface area contributed by atoms with Crippen LogP contribution in [0.1, 0.15) is 38.5 Å². The summed E-state index contributed by atoms with van der Waals surface area (Å²) in [4.78, 5) is 34.8. The van der Waals surface area contributed by atoms with Gasteiger partial charge in [0.1, 0.15) is 0 Å². The van der Waals surface area contributed by atoms with Crippen LogP contribution in [0.5, 0.6) is 0 Å². The Kier molecular flexibility index (Phi) is 4.44. The third-order valence-electron chi connectivity index (χ3n) is 7.77. The van der Waals surface area contributed by atoms with E-state index in [-0.39, 0.29) is 12.1 Å². The summed E-state index contributed by atoms with van der Waals surface area (Å²) in [5.41, 5.74) is 0. The number of carbonyl (C=O) groups is 2. The first kappa shape index (κ1) is 17.0. The second kappa shape index (κ2) is 6.79. The highest BCUT2D eigenvalue weighted by molar-refractivity contribution is 5.84. The number of nitrogens with zero attached hydrogens (tertiary/aromatic N) is 4. The van der Waals surface area contributed by atoms with Gasteiger partial charge in [-0.25, -0.2) is 0 Å². The van der Waals surface area contributed by atoms with E-state index in [1.165, 1.54) is 25.7 Å². The molecule has 0 spiro atoms. The Morgan fingerprint density at radius 2 is 0.885 bits per heavy atom. The maximum atomic E-state index is 13.0. The molecular weight excluding hydrogens is 328 g/mol. The van der Waals surface area contributed by atoms with Gasteiger partial charge >= 0.3 is 0 Å². The third kappa shape index (κ3) is 2.95. The summed E-state index contributed by atoms with van der Waals surface area (Å²) in [5.74, 6) is 2.16. The molecule has 7 aliphatic rings. The summed E-state index contributed by atoms with van der Waals surface area (Å²) in [6.07, 6.45) is 7.18. The molecule has 0 saturated carbocycles. The topological polar surface area (TPSA) is 47.1 Å². The van der Waals surface area contributed by atoms with Crippen molar-refractivity contribution in [3.63, 3.8) is 0 Å². The molecule has 0 N–H and O–H groups in total. The van der Waals surface area contributed by atoms with E-state index >= 15 is 0 Å². The quantitative estimate of drug-likeness (QED) is 0.725. The van der Waals surface area contributed by atoms with Gasteiger partial charge in [-0.2, -0.15) is 0 Å². The SMILES string of the molecule is O=C([C@H]1CC2CCN1CC2)N1CCN(C(=O)[C@H]2CC3CCN2CC3)CC1. The van der Waals surface area contributed by atoms with Gasteiger partial charge < -0.3 is 9.80 Å². The number of carbonyl (C=O) groups excluding carboxylic acids is 2. The fraction of sp³-hybridized carbons (Fsp3) is 0.900. The largest absolute Gasteiger partial charge is 0.338 e. The second-order valence-corrected chi connectivity index (χ2v) is 9.11. The van der Waals surface area contributed by atoms with Crippen LogP contribution in [-0.4, -0.2) is 95.9 Å². The Hall–Kier alpha value is -1.14. The molecule has 7 rings (SSSR count). The van der Waals surface area contributed by atoms with E-state index in [1.54, 1.807) is 0 Å². The number of hydrogen-bond acceptors (Lipinski definition) is 4. The van der Waals surface area contributed by atoms with Crippen molar-refractivity contribution in [1.29, 1.82) is 0 Å². The first-order valence-electron chi connectivity index (χ1n) is 10.7. The zero-order valence-electron chi connectivity index (χ0n) is 15.8. The van der Waals surface area contributed by atoms with Crippen molar-refractivity contribution in [3.05, 3.63) is 0 Å². The van der Waals surface area contributed by atoms with Crippen molar-refractivity contribution in [1.82, 2.24) is 19.6 Å². The Morgan fingerprint density at radius 3 is 1.15 bits per heavy atom. The zero-order chi connectivity index (χ0) is 17.7. The molecule has 0 aromatic rings. The van der Waals surface area contributed by atoms with Crippen LogP contribution in [0, 0.1) is 11.8 Å². The van der Waals surface area contributed by atoms with Crippen molar-refractivity contribution >= 4 is 11.8 Å². The normalized spacial score (nSPS) is 42.2. The molecule has 7 aliphatic heterocycles. The van der Waals surface area contributed by atoms with Gasteiger partial charge in [0.25, 0.3) is 0 Å². The van der Waals surface area contributed by atoms with Crippen molar-refractivity contribution in [3.8, 4) is 0 Å². The molecule has 7 saturated heterocycles. The minimum absolute atomic E-state index is 0.116. The van der Waals surface area contributed by atoms with Gasteiger partial charge in [-0.15, -0.1) is 0 Å². The first-order valence-corrected chi connectivity index (χ1v) is 10.7. The van der Waals surface area contributed by atoms with Crippen LogP contribution in [0.25, 0.3) is 0 Å². The van der Waals surface area contributed by atoms with Gasteiger partial charge in [0.15, 0.2) is 0 Å². The Bertz CT molecular complexity index is 508. The molecule has 0 aromatic heterocycles. The number of hydrogen-bond donors (Lipinski definition) is 0. The minimum Gasteiger partial charge on any atom is -0.338 e. The molecule has 7 fully saturated rings. The average Bonchev–Trinajstić information content (AvgIpc) is 2.74. The van der Waals surface area contributed by atoms with Crippen LogP contribution in [0.2, 0.25) is 0 Å². The van der Waals surface area contributed by atoms with Crippen molar-refractivity contribution in [2.24, 2.45) is 11.8 Å². The molecule has 6 nitrogen and oxygen atoms in total. The number of rotatable bonds is 2. The Balaban J connectivity index is 1.16. The van der Waals surface area contributed by atoms with Crippen LogP contribution in [0.3, 0.4) is 0 Å². The van der Waals surface area contributed by atoms with Gasteiger partial charge in [0, 0.05) is 26.2 Å². The number of piperidine rings is 6. The molecule has 2 atom stereocenters. The average molecular weight is 361 g/mol. The van der Waals surface area contributed by atoms with Gasteiger partial charge in [-0.1, -0.05) is 0 Å². The highest BCUT2D eigenvalue weighted by Gasteiger charge is 2.42. The predicted molar refractivity (Wildman–Crippen MR) is 98.6 cm³/mol. The van der Waals surface area contributed by atoms with Gasteiger partial charge in [0.05, 0.1) is 12.1 Å². The summed E-state index contributed by atoms with van der Waals surface area (Å²) in [6.45, 7) is 7.25. The van der Waals surface area contributed by atoms with Crippen LogP contribution in [0.4, 0.5) is 0 Å². The van der Waals surface area contributed by atoms with Gasteiger partial charge in [0.2, 0.25) is 11.8 Å². The van der Waals surface area contributed by atoms with Crippen LogP contribution in [0.15, 0.2) is 0 Å². The van der Waals surface area contributed by atoms with Gasteiger partial charge in [-0.05, 0) is 76.5 Å². The van der Waals surface area contributed by atoms with E-state index in [2.05, 4.69) is 9.80 Å². The molecule has 0 radical (unpaired) electrons. The first-order chi connectivity index (χ1) is 12.7. The summed E-state index contributed by atoms with van der Waals surface area (Å²) in [7, 11) is 0. The lowest BCUT2D eigenvalue weighted by atomic mass is 9.82. The molecule has 144 valence electrons. The predicted octanol–water partition coefficient (Wildman–Crippen LogP) is 0.626. The number of piperazine rings is 1. The van der Waals surface area contributed by atoms with E-state index in [0.717, 1.165) is 77.0 Å². The van der Waals surface area contributed by atoms with E-state index in [4.69, 9.17) is 0 Å². The maximum absolute atomic E-state index is 13.0. The fourth-order valence-electron chi connectivity index (χ4n) is 6.01. The summed E-state index contributed by atoms with van der Waals surface area (Å²) < 4.78 is 0. The highest BCUT2D eigenvalue weighted by Crippen LogP contribution is 2.34. The van der Waals surface area contributed by atoms with E-state index in [1.807, 2.05) is 9.80 Å². The third-order valence-corrected chi connectivity index (χ3v) is 7.77. The van der Waals surface area contributed by atoms with Crippen molar-refractivity contribution < 1.29 is 9.59 Å². The second-order valence-electron chi connectivity index (χ2n) is 9.11. The van der Waals surface area contributed by atoms with E-state index < -0.39 is 0 Å². The minimum atomic E-state index is 0.116. The lowest BCUT2D eigenvalue weighted by molar-refractivity contribution is -0.149. The molecule has 2 amide bonds. The molecule has 7 heterocycles. The van der Waals surface area contributed by atoms with E-state index in [0.29, 0.717) is 11.8 Å². The Morgan fingerprint density at radius 1 is 0.538 bits per heavy atom. The standard InChI is InChI=1S/C20H32N4O2/c25-19(17-13-15-1-5-21(17)6-2-15)23-9-11-24(12-10-23)20(26)18-14-16-3-7-22(18)8-4-16/h15-18H,1-14H2/t17-,18-/m1/s1. The van der Waals surface area contributed by atoms with Gasteiger partial charge in [-0.3, -0.25) is 19.4 Å². The fourth-order valence-corrected chi connectivity index (χ4v) is 6.01. The highest BCUT2D eigenvalue weighted by atomic mass is 16.2. The zero-order valence-corrected chi connectivity index (χ0v) is 15.8. The summed E-state index contributed by atoms with van der Waals surface area (Å²) in [6, 6.07) is 0.231. The lowest BCUT2D eigenvalue weighted by Gasteiger charge is -2.48. The van der Waals surface area contributed by atoms with Crippen molar-refractivity contribution in [2.45, 2.75) is 50.6 Å². The van der Waals surface area contributed by atoms with E-state index in [9.17, 15) is 9.59 Å². The summed E-state index contributed by atoms with van der Waals surface area (Å²) >= 11 is 0. The van der Waals surface area contributed by atoms with Crippen LogP contribution >= 0.6 is 0 Å². The lowest BCUT2D eigenvalue weighted by Crippen LogP contribution is -2.62. The monoisotopic (exact) mass is 360 g/mol. The molecule has 0 unspecified atom stereocenters. The molecule has 0 aromatic carbocycles. The molecule has 26 heavy (non-hydrogen) atoms. The molecular formula is C20H32N4O2. The smallest absolute Gasteiger partial charge is 0.240 e. The Labute approximate surface area is 156 Å². The number of fused-ring (bicyclic) bond motifs is 6.